The molecule has 1 atom stereocenters. The van der Waals surface area contributed by atoms with Crippen LogP contribution < -0.4 is 0 Å². The third kappa shape index (κ3) is 2.80. The summed E-state index contributed by atoms with van der Waals surface area (Å²) in [4.78, 5) is 11.1. The van der Waals surface area contributed by atoms with Crippen LogP contribution in [0.4, 0.5) is 0 Å². The second-order valence-electron chi connectivity index (χ2n) is 4.22. The van der Waals surface area contributed by atoms with Crippen molar-refractivity contribution in [2.24, 2.45) is 0 Å². The van der Waals surface area contributed by atoms with E-state index in [1.165, 1.54) is 23.9 Å². The average molecular weight is 312 g/mol. The van der Waals surface area contributed by atoms with Crippen LogP contribution in [0, 0.1) is 11.3 Å². The lowest BCUT2D eigenvalue weighted by Crippen LogP contribution is -2.41. The summed E-state index contributed by atoms with van der Waals surface area (Å²) >= 11 is 1.27. The SMILES string of the molecule is N#CCc1ccc(S(=O)(=O)N2CSCC2C(=O)O)cc1. The Morgan fingerprint density at radius 3 is 2.65 bits per heavy atom. The van der Waals surface area contributed by atoms with Crippen molar-refractivity contribution >= 4 is 27.8 Å². The van der Waals surface area contributed by atoms with Crippen molar-refractivity contribution in [2.75, 3.05) is 11.6 Å². The molecule has 0 amide bonds. The van der Waals surface area contributed by atoms with Gasteiger partial charge in [-0.1, -0.05) is 12.1 Å². The molecule has 6 nitrogen and oxygen atoms in total. The summed E-state index contributed by atoms with van der Waals surface area (Å²) in [6, 6.07) is 6.90. The summed E-state index contributed by atoms with van der Waals surface area (Å²) in [5.41, 5.74) is 0.719. The highest BCUT2D eigenvalue weighted by molar-refractivity contribution is 8.00. The van der Waals surface area contributed by atoms with Crippen LogP contribution in [-0.4, -0.2) is 41.5 Å². The molecule has 1 aliphatic heterocycles. The van der Waals surface area contributed by atoms with Gasteiger partial charge in [-0.2, -0.15) is 9.57 Å². The Labute approximate surface area is 121 Å². The molecule has 1 fully saturated rings. The molecule has 0 bridgehead atoms. The summed E-state index contributed by atoms with van der Waals surface area (Å²) in [5.74, 6) is -0.750. The predicted octanol–water partition coefficient (Wildman–Crippen LogP) is 0.901. The smallest absolute Gasteiger partial charge is 0.322 e. The first-order chi connectivity index (χ1) is 9.46. The standard InChI is InChI=1S/C12H12N2O4S2/c13-6-5-9-1-3-10(4-2-9)20(17,18)14-8-19-7-11(14)12(15)16/h1-4,11H,5,7-8H2,(H,15,16). The zero-order valence-electron chi connectivity index (χ0n) is 10.4. The number of benzene rings is 1. The van der Waals surface area contributed by atoms with E-state index in [2.05, 4.69) is 0 Å². The minimum Gasteiger partial charge on any atom is -0.480 e. The zero-order valence-corrected chi connectivity index (χ0v) is 12.0. The Balaban J connectivity index is 2.30. The molecule has 1 saturated heterocycles. The quantitative estimate of drug-likeness (QED) is 0.887. The van der Waals surface area contributed by atoms with Gasteiger partial charge in [0.05, 0.1) is 23.3 Å². The summed E-state index contributed by atoms with van der Waals surface area (Å²) in [6.45, 7) is 0. The lowest BCUT2D eigenvalue weighted by atomic mass is 10.2. The monoisotopic (exact) mass is 312 g/mol. The summed E-state index contributed by atoms with van der Waals surface area (Å²) in [7, 11) is -3.82. The van der Waals surface area contributed by atoms with Crippen molar-refractivity contribution in [1.82, 2.24) is 4.31 Å². The Bertz CT molecular complexity index is 649. The molecule has 0 spiro atoms. The maximum Gasteiger partial charge on any atom is 0.322 e. The van der Waals surface area contributed by atoms with Crippen LogP contribution in [0.25, 0.3) is 0 Å². The van der Waals surface area contributed by atoms with Gasteiger partial charge < -0.3 is 5.11 Å². The molecule has 1 heterocycles. The van der Waals surface area contributed by atoms with E-state index in [-0.39, 0.29) is 22.9 Å². The molecule has 8 heteroatoms. The topological polar surface area (TPSA) is 98.5 Å². The molecular weight excluding hydrogens is 300 g/mol. The summed E-state index contributed by atoms with van der Waals surface area (Å²) in [5, 5.41) is 17.6. The minimum absolute atomic E-state index is 0.0490. The van der Waals surface area contributed by atoms with E-state index in [0.717, 1.165) is 9.87 Å². The van der Waals surface area contributed by atoms with Crippen molar-refractivity contribution in [3.8, 4) is 6.07 Å². The van der Waals surface area contributed by atoms with Crippen molar-refractivity contribution < 1.29 is 18.3 Å². The Morgan fingerprint density at radius 1 is 1.45 bits per heavy atom. The van der Waals surface area contributed by atoms with Crippen molar-refractivity contribution in [2.45, 2.75) is 17.4 Å². The fourth-order valence-corrected chi connectivity index (χ4v) is 5.00. The third-order valence-corrected chi connectivity index (χ3v) is 5.98. The van der Waals surface area contributed by atoms with Crippen LogP contribution in [0.1, 0.15) is 5.56 Å². The van der Waals surface area contributed by atoms with E-state index in [4.69, 9.17) is 10.4 Å². The Morgan fingerprint density at radius 2 is 2.10 bits per heavy atom. The van der Waals surface area contributed by atoms with Gasteiger partial charge in [0.25, 0.3) is 0 Å². The molecule has 0 aliphatic carbocycles. The molecule has 1 N–H and O–H groups in total. The Hall–Kier alpha value is -1.56. The van der Waals surface area contributed by atoms with Crippen LogP contribution in [0.15, 0.2) is 29.2 Å². The number of sulfonamides is 1. The number of nitriles is 1. The number of aliphatic carboxylic acids is 1. The van der Waals surface area contributed by atoms with Crippen molar-refractivity contribution in [3.05, 3.63) is 29.8 Å². The van der Waals surface area contributed by atoms with E-state index in [1.807, 2.05) is 6.07 Å². The van der Waals surface area contributed by atoms with Gasteiger partial charge in [0.2, 0.25) is 10.0 Å². The first-order valence-electron chi connectivity index (χ1n) is 5.75. The maximum absolute atomic E-state index is 12.4. The molecular formula is C12H12N2O4S2. The highest BCUT2D eigenvalue weighted by Crippen LogP contribution is 2.28. The molecule has 0 radical (unpaired) electrons. The molecule has 1 aromatic carbocycles. The van der Waals surface area contributed by atoms with Crippen LogP contribution in [-0.2, 0) is 21.2 Å². The van der Waals surface area contributed by atoms with Crippen LogP contribution >= 0.6 is 11.8 Å². The first-order valence-corrected chi connectivity index (χ1v) is 8.34. The zero-order chi connectivity index (χ0) is 14.8. The molecule has 0 aromatic heterocycles. The van der Waals surface area contributed by atoms with Gasteiger partial charge in [-0.3, -0.25) is 4.79 Å². The van der Waals surface area contributed by atoms with Crippen LogP contribution in [0.2, 0.25) is 0 Å². The lowest BCUT2D eigenvalue weighted by Gasteiger charge is -2.20. The highest BCUT2D eigenvalue weighted by atomic mass is 32.2. The second-order valence-corrected chi connectivity index (χ2v) is 7.12. The molecule has 1 aromatic rings. The molecule has 106 valence electrons. The number of carboxylic acid groups (broad SMARTS) is 1. The number of carbonyl (C=O) groups is 1. The lowest BCUT2D eigenvalue weighted by molar-refractivity contribution is -0.140. The van der Waals surface area contributed by atoms with Crippen LogP contribution in [0.5, 0.6) is 0 Å². The fraction of sp³-hybridized carbons (Fsp3) is 0.333. The highest BCUT2D eigenvalue weighted by Gasteiger charge is 2.39. The van der Waals surface area contributed by atoms with Crippen molar-refractivity contribution in [3.63, 3.8) is 0 Å². The molecule has 1 aliphatic rings. The Kier molecular flexibility index (Phi) is 4.32. The minimum atomic E-state index is -3.82. The van der Waals surface area contributed by atoms with Gasteiger partial charge in [-0.15, -0.1) is 11.8 Å². The van der Waals surface area contributed by atoms with Gasteiger partial charge in [0, 0.05) is 5.75 Å². The largest absolute Gasteiger partial charge is 0.480 e. The molecule has 20 heavy (non-hydrogen) atoms. The fourth-order valence-electron chi connectivity index (χ4n) is 1.86. The van der Waals surface area contributed by atoms with Crippen molar-refractivity contribution in [1.29, 1.82) is 5.26 Å². The van der Waals surface area contributed by atoms with E-state index >= 15 is 0 Å². The van der Waals surface area contributed by atoms with Crippen LogP contribution in [0.3, 0.4) is 0 Å². The number of hydrogen-bond acceptors (Lipinski definition) is 5. The molecule has 0 saturated carbocycles. The number of hydrogen-bond donors (Lipinski definition) is 1. The summed E-state index contributed by atoms with van der Waals surface area (Å²) < 4.78 is 25.8. The summed E-state index contributed by atoms with van der Waals surface area (Å²) in [6.07, 6.45) is 0.206. The van der Waals surface area contributed by atoms with E-state index in [0.29, 0.717) is 0 Å². The van der Waals surface area contributed by atoms with E-state index in [1.54, 1.807) is 12.1 Å². The maximum atomic E-state index is 12.4. The number of thioether (sulfide) groups is 1. The van der Waals surface area contributed by atoms with E-state index < -0.39 is 22.0 Å². The third-order valence-electron chi connectivity index (χ3n) is 2.94. The van der Waals surface area contributed by atoms with Gasteiger partial charge in [-0.25, -0.2) is 8.42 Å². The van der Waals surface area contributed by atoms with Gasteiger partial charge in [0.1, 0.15) is 6.04 Å². The number of rotatable bonds is 4. The van der Waals surface area contributed by atoms with E-state index in [9.17, 15) is 13.2 Å². The predicted molar refractivity (Wildman–Crippen MR) is 73.5 cm³/mol. The van der Waals surface area contributed by atoms with Gasteiger partial charge >= 0.3 is 5.97 Å². The number of nitrogens with zero attached hydrogens (tertiary/aromatic N) is 2. The number of carboxylic acids is 1. The van der Waals surface area contributed by atoms with Gasteiger partial charge in [-0.05, 0) is 17.7 Å². The van der Waals surface area contributed by atoms with Gasteiger partial charge in [0.15, 0.2) is 0 Å². The normalized spacial score (nSPS) is 19.6. The molecule has 2 rings (SSSR count). The average Bonchev–Trinajstić information content (AvgIpc) is 2.90. The second kappa shape index (κ2) is 5.83. The molecule has 1 unspecified atom stereocenters. The first kappa shape index (κ1) is 14.8.